The van der Waals surface area contributed by atoms with E-state index < -0.39 is 11.7 Å². The molecule has 0 saturated carbocycles. The number of hydrogen-bond donors (Lipinski definition) is 2. The van der Waals surface area contributed by atoms with Gasteiger partial charge in [0, 0.05) is 28.6 Å². The molecule has 3 rings (SSSR count). The quantitative estimate of drug-likeness (QED) is 0.615. The van der Waals surface area contributed by atoms with Crippen LogP contribution >= 0.6 is 0 Å². The molecule has 0 aliphatic heterocycles. The molecule has 4 nitrogen and oxygen atoms in total. The summed E-state index contributed by atoms with van der Waals surface area (Å²) in [5.74, 6) is -1.02. The van der Waals surface area contributed by atoms with Crippen molar-refractivity contribution in [2.45, 2.75) is 6.92 Å². The molecule has 0 atom stereocenters. The van der Waals surface area contributed by atoms with Crippen LogP contribution in [0.5, 0.6) is 0 Å². The summed E-state index contributed by atoms with van der Waals surface area (Å²) in [6, 6.07) is 20.3. The van der Waals surface area contributed by atoms with E-state index in [1.165, 1.54) is 18.2 Å². The van der Waals surface area contributed by atoms with Gasteiger partial charge >= 0.3 is 0 Å². The van der Waals surface area contributed by atoms with Crippen molar-refractivity contribution < 1.29 is 14.0 Å². The van der Waals surface area contributed by atoms with Crippen molar-refractivity contribution in [3.63, 3.8) is 0 Å². The monoisotopic (exact) mass is 374 g/mol. The third-order valence-corrected chi connectivity index (χ3v) is 4.20. The van der Waals surface area contributed by atoms with Crippen LogP contribution in [0, 0.1) is 12.7 Å². The van der Waals surface area contributed by atoms with Gasteiger partial charge in [0.25, 0.3) is 5.91 Å². The number of hydrogen-bond acceptors (Lipinski definition) is 2. The average Bonchev–Trinajstić information content (AvgIpc) is 2.71. The molecule has 0 aliphatic rings. The lowest BCUT2D eigenvalue weighted by atomic mass is 10.1. The maximum Gasteiger partial charge on any atom is 0.255 e. The van der Waals surface area contributed by atoms with Crippen molar-refractivity contribution >= 4 is 29.3 Å². The predicted octanol–water partition coefficient (Wildman–Crippen LogP) is 5.04. The summed E-state index contributed by atoms with van der Waals surface area (Å²) < 4.78 is 13.6. The van der Waals surface area contributed by atoms with Crippen molar-refractivity contribution in [1.29, 1.82) is 0 Å². The van der Waals surface area contributed by atoms with Gasteiger partial charge < -0.3 is 10.6 Å². The van der Waals surface area contributed by atoms with E-state index in [0.29, 0.717) is 22.5 Å². The molecule has 3 aromatic rings. The normalized spacial score (nSPS) is 10.6. The number of nitrogens with one attached hydrogen (secondary N) is 2. The van der Waals surface area contributed by atoms with Crippen molar-refractivity contribution in [3.05, 3.63) is 101 Å². The topological polar surface area (TPSA) is 58.2 Å². The van der Waals surface area contributed by atoms with E-state index in [4.69, 9.17) is 0 Å². The molecule has 0 saturated heterocycles. The minimum absolute atomic E-state index is 0.230. The Balaban J connectivity index is 1.71. The number of rotatable bonds is 5. The van der Waals surface area contributed by atoms with Gasteiger partial charge in [-0.25, -0.2) is 4.39 Å². The summed E-state index contributed by atoms with van der Waals surface area (Å²) in [6.07, 6.45) is 2.69. The molecule has 0 fully saturated rings. The smallest absolute Gasteiger partial charge is 0.255 e. The van der Waals surface area contributed by atoms with Gasteiger partial charge in [-0.05, 0) is 48.9 Å². The molecule has 5 heteroatoms. The molecule has 0 bridgehead atoms. The lowest BCUT2D eigenvalue weighted by molar-refractivity contribution is -0.111. The highest BCUT2D eigenvalue weighted by atomic mass is 19.1. The van der Waals surface area contributed by atoms with E-state index >= 15 is 0 Å². The standard InChI is InChI=1S/C23H19FN2O2/c1-16-20(25-22(27)15-14-17-8-5-6-11-19(17)24)12-7-13-21(16)26-23(28)18-9-3-2-4-10-18/h2-15H,1H3,(H,25,27)(H,26,28). The minimum atomic E-state index is -0.395. The molecular formula is C23H19FN2O2. The lowest BCUT2D eigenvalue weighted by Crippen LogP contribution is -2.14. The Morgan fingerprint density at radius 1 is 0.821 bits per heavy atom. The van der Waals surface area contributed by atoms with E-state index in [2.05, 4.69) is 10.6 Å². The summed E-state index contributed by atoms with van der Waals surface area (Å²) in [6.45, 7) is 1.80. The van der Waals surface area contributed by atoms with Crippen LogP contribution in [0.15, 0.2) is 78.9 Å². The first-order chi connectivity index (χ1) is 13.5. The molecule has 0 aliphatic carbocycles. The Labute approximate surface area is 162 Å². The first-order valence-corrected chi connectivity index (χ1v) is 8.74. The van der Waals surface area contributed by atoms with Crippen molar-refractivity contribution in [1.82, 2.24) is 0 Å². The summed E-state index contributed by atoms with van der Waals surface area (Å²) in [5.41, 5.74) is 2.76. The van der Waals surface area contributed by atoms with Gasteiger partial charge in [0.05, 0.1) is 0 Å². The molecule has 28 heavy (non-hydrogen) atoms. The molecule has 3 aromatic carbocycles. The maximum absolute atomic E-state index is 13.6. The van der Waals surface area contributed by atoms with Crippen LogP contribution in [-0.4, -0.2) is 11.8 Å². The number of amides is 2. The van der Waals surface area contributed by atoms with Crippen LogP contribution in [-0.2, 0) is 4.79 Å². The number of halogens is 1. The van der Waals surface area contributed by atoms with Gasteiger partial charge in [-0.1, -0.05) is 42.5 Å². The van der Waals surface area contributed by atoms with Crippen LogP contribution in [0.3, 0.4) is 0 Å². The van der Waals surface area contributed by atoms with E-state index in [0.717, 1.165) is 5.56 Å². The molecule has 140 valence electrons. The highest BCUT2D eigenvalue weighted by Gasteiger charge is 2.10. The van der Waals surface area contributed by atoms with Crippen LogP contribution in [0.25, 0.3) is 6.08 Å². The largest absolute Gasteiger partial charge is 0.322 e. The van der Waals surface area contributed by atoms with Gasteiger partial charge in [-0.15, -0.1) is 0 Å². The maximum atomic E-state index is 13.6. The number of carbonyl (C=O) groups is 2. The van der Waals surface area contributed by atoms with Crippen LogP contribution in [0.1, 0.15) is 21.5 Å². The fraction of sp³-hybridized carbons (Fsp3) is 0.0435. The highest BCUT2D eigenvalue weighted by molar-refractivity contribution is 6.06. The summed E-state index contributed by atoms with van der Waals surface area (Å²) in [4.78, 5) is 24.5. The van der Waals surface area contributed by atoms with Crippen molar-refractivity contribution in [2.24, 2.45) is 0 Å². The molecule has 0 unspecified atom stereocenters. The van der Waals surface area contributed by atoms with Gasteiger partial charge in [-0.3, -0.25) is 9.59 Å². The average molecular weight is 374 g/mol. The second kappa shape index (κ2) is 8.77. The zero-order valence-corrected chi connectivity index (χ0v) is 15.3. The molecule has 0 radical (unpaired) electrons. The van der Waals surface area contributed by atoms with Crippen molar-refractivity contribution in [2.75, 3.05) is 10.6 Å². The van der Waals surface area contributed by atoms with E-state index in [1.807, 2.05) is 6.07 Å². The second-order valence-corrected chi connectivity index (χ2v) is 6.14. The Hall–Kier alpha value is -3.73. The van der Waals surface area contributed by atoms with Crippen LogP contribution < -0.4 is 10.6 Å². The summed E-state index contributed by atoms with van der Waals surface area (Å²) in [7, 11) is 0. The van der Waals surface area contributed by atoms with E-state index in [1.54, 1.807) is 67.6 Å². The number of benzene rings is 3. The molecule has 2 N–H and O–H groups in total. The molecule has 0 aromatic heterocycles. The summed E-state index contributed by atoms with van der Waals surface area (Å²) in [5, 5.41) is 5.60. The third-order valence-electron chi connectivity index (χ3n) is 4.20. The van der Waals surface area contributed by atoms with Gasteiger partial charge in [-0.2, -0.15) is 0 Å². The zero-order chi connectivity index (χ0) is 19.9. The Morgan fingerprint density at radius 2 is 1.46 bits per heavy atom. The minimum Gasteiger partial charge on any atom is -0.322 e. The SMILES string of the molecule is Cc1c(NC(=O)C=Cc2ccccc2F)cccc1NC(=O)c1ccccc1. The fourth-order valence-corrected chi connectivity index (χ4v) is 2.64. The summed E-state index contributed by atoms with van der Waals surface area (Å²) >= 11 is 0. The van der Waals surface area contributed by atoms with Crippen LogP contribution in [0.4, 0.5) is 15.8 Å². The predicted molar refractivity (Wildman–Crippen MR) is 110 cm³/mol. The van der Waals surface area contributed by atoms with Gasteiger partial charge in [0.1, 0.15) is 5.82 Å². The fourth-order valence-electron chi connectivity index (χ4n) is 2.64. The first kappa shape index (κ1) is 19.0. The van der Waals surface area contributed by atoms with Crippen LogP contribution in [0.2, 0.25) is 0 Å². The molecule has 0 heterocycles. The third kappa shape index (κ3) is 4.71. The zero-order valence-electron chi connectivity index (χ0n) is 15.3. The lowest BCUT2D eigenvalue weighted by Gasteiger charge is -2.13. The Morgan fingerprint density at radius 3 is 2.18 bits per heavy atom. The highest BCUT2D eigenvalue weighted by Crippen LogP contribution is 2.24. The molecular weight excluding hydrogens is 355 g/mol. The number of anilines is 2. The Kier molecular flexibility index (Phi) is 5.97. The van der Waals surface area contributed by atoms with E-state index in [9.17, 15) is 14.0 Å². The van der Waals surface area contributed by atoms with E-state index in [-0.39, 0.29) is 5.91 Å². The molecule has 0 spiro atoms. The molecule has 2 amide bonds. The first-order valence-electron chi connectivity index (χ1n) is 8.74. The van der Waals surface area contributed by atoms with Crippen molar-refractivity contribution in [3.8, 4) is 0 Å². The Bertz CT molecular complexity index is 1030. The number of carbonyl (C=O) groups excluding carboxylic acids is 2. The van der Waals surface area contributed by atoms with Gasteiger partial charge in [0.2, 0.25) is 5.91 Å². The van der Waals surface area contributed by atoms with Gasteiger partial charge in [0.15, 0.2) is 0 Å². The second-order valence-electron chi connectivity index (χ2n) is 6.14.